The van der Waals surface area contributed by atoms with Crippen LogP contribution in [0.15, 0.2) is 30.6 Å². The minimum absolute atomic E-state index is 0.161. The maximum absolute atomic E-state index is 14.1. The largest absolute Gasteiger partial charge is 0.324 e. The molecule has 2 N–H and O–H groups in total. The fourth-order valence-electron chi connectivity index (χ4n) is 1.96. The molecule has 0 radical (unpaired) electrons. The number of aryl methyl sites for hydroxylation is 1. The molecule has 1 heterocycles. The Kier molecular flexibility index (Phi) is 3.77. The third-order valence-electron chi connectivity index (χ3n) is 2.95. The Morgan fingerprint density at radius 2 is 2.22 bits per heavy atom. The normalized spacial score (nSPS) is 12.7. The zero-order valence-electron chi connectivity index (χ0n) is 10.7. The molecule has 2 aromatic rings. The number of benzene rings is 1. The molecule has 1 atom stereocenters. The summed E-state index contributed by atoms with van der Waals surface area (Å²) in [6.45, 7) is 3.92. The molecular formula is C14H18FN3. The van der Waals surface area contributed by atoms with Crippen LogP contribution in [0.2, 0.25) is 0 Å². The maximum Gasteiger partial charge on any atom is 0.147 e. The van der Waals surface area contributed by atoms with E-state index in [4.69, 9.17) is 5.73 Å². The Balaban J connectivity index is 2.41. The monoisotopic (exact) mass is 247 g/mol. The molecule has 0 saturated carbocycles. The molecule has 0 aliphatic carbocycles. The van der Waals surface area contributed by atoms with Gasteiger partial charge in [-0.1, -0.05) is 13.0 Å². The van der Waals surface area contributed by atoms with Crippen molar-refractivity contribution < 1.29 is 4.39 Å². The Morgan fingerprint density at radius 1 is 1.44 bits per heavy atom. The van der Waals surface area contributed by atoms with E-state index in [1.54, 1.807) is 23.0 Å². The van der Waals surface area contributed by atoms with Gasteiger partial charge >= 0.3 is 0 Å². The molecule has 0 aliphatic heterocycles. The summed E-state index contributed by atoms with van der Waals surface area (Å²) < 4.78 is 15.9. The molecule has 96 valence electrons. The average molecular weight is 247 g/mol. The zero-order valence-corrected chi connectivity index (χ0v) is 10.7. The fourth-order valence-corrected chi connectivity index (χ4v) is 1.96. The van der Waals surface area contributed by atoms with E-state index in [9.17, 15) is 4.39 Å². The van der Waals surface area contributed by atoms with Crippen LogP contribution in [0.1, 0.15) is 37.7 Å². The van der Waals surface area contributed by atoms with Crippen molar-refractivity contribution in [2.24, 2.45) is 5.73 Å². The molecule has 0 fully saturated rings. The number of imidazole rings is 1. The van der Waals surface area contributed by atoms with Gasteiger partial charge in [0.1, 0.15) is 11.6 Å². The highest BCUT2D eigenvalue weighted by atomic mass is 19.1. The van der Waals surface area contributed by atoms with Gasteiger partial charge in [-0.3, -0.25) is 0 Å². The van der Waals surface area contributed by atoms with Crippen molar-refractivity contribution in [1.29, 1.82) is 0 Å². The minimum atomic E-state index is -0.264. The lowest BCUT2D eigenvalue weighted by atomic mass is 10.1. The standard InChI is InChI=1S/C14H18FN3/c1-3-4-14-17-7-8-18(14)13-6-5-11(10(2)16)9-12(13)15/h5-10H,3-4,16H2,1-2H3. The van der Waals surface area contributed by atoms with Gasteiger partial charge < -0.3 is 10.3 Å². The van der Waals surface area contributed by atoms with Crippen LogP contribution >= 0.6 is 0 Å². The van der Waals surface area contributed by atoms with Crippen molar-refractivity contribution >= 4 is 0 Å². The number of hydrogen-bond donors (Lipinski definition) is 1. The number of rotatable bonds is 4. The predicted octanol–water partition coefficient (Wildman–Crippen LogP) is 2.98. The van der Waals surface area contributed by atoms with E-state index in [0.717, 1.165) is 24.2 Å². The third-order valence-corrected chi connectivity index (χ3v) is 2.95. The van der Waals surface area contributed by atoms with Gasteiger partial charge in [0, 0.05) is 24.9 Å². The van der Waals surface area contributed by atoms with Crippen LogP contribution in [-0.2, 0) is 6.42 Å². The summed E-state index contributed by atoms with van der Waals surface area (Å²) in [6, 6.07) is 4.95. The highest BCUT2D eigenvalue weighted by Crippen LogP contribution is 2.20. The molecule has 0 spiro atoms. The van der Waals surface area contributed by atoms with E-state index in [0.29, 0.717) is 5.69 Å². The fraction of sp³-hybridized carbons (Fsp3) is 0.357. The number of hydrogen-bond acceptors (Lipinski definition) is 2. The Morgan fingerprint density at radius 3 is 2.83 bits per heavy atom. The maximum atomic E-state index is 14.1. The van der Waals surface area contributed by atoms with Crippen molar-refractivity contribution in [2.75, 3.05) is 0 Å². The molecule has 1 aromatic heterocycles. The van der Waals surface area contributed by atoms with E-state index in [1.807, 2.05) is 13.0 Å². The lowest BCUT2D eigenvalue weighted by Crippen LogP contribution is -2.07. The molecule has 0 bridgehead atoms. The summed E-state index contributed by atoms with van der Waals surface area (Å²) in [4.78, 5) is 4.25. The van der Waals surface area contributed by atoms with E-state index in [1.165, 1.54) is 6.07 Å². The average Bonchev–Trinajstić information content (AvgIpc) is 2.77. The van der Waals surface area contributed by atoms with Crippen LogP contribution in [0.25, 0.3) is 5.69 Å². The molecule has 0 saturated heterocycles. The van der Waals surface area contributed by atoms with Crippen LogP contribution < -0.4 is 5.73 Å². The second-order valence-electron chi connectivity index (χ2n) is 4.46. The molecule has 0 aliphatic rings. The van der Waals surface area contributed by atoms with Gasteiger partial charge in [0.25, 0.3) is 0 Å². The lowest BCUT2D eigenvalue weighted by Gasteiger charge is -2.11. The minimum Gasteiger partial charge on any atom is -0.324 e. The molecule has 2 rings (SSSR count). The van der Waals surface area contributed by atoms with Gasteiger partial charge in [0.05, 0.1) is 5.69 Å². The van der Waals surface area contributed by atoms with Crippen LogP contribution in [-0.4, -0.2) is 9.55 Å². The first kappa shape index (κ1) is 12.8. The highest BCUT2D eigenvalue weighted by Gasteiger charge is 2.10. The van der Waals surface area contributed by atoms with Gasteiger partial charge in [0.2, 0.25) is 0 Å². The molecule has 4 heteroatoms. The second-order valence-corrected chi connectivity index (χ2v) is 4.46. The first-order chi connectivity index (χ1) is 8.63. The van der Waals surface area contributed by atoms with E-state index in [-0.39, 0.29) is 11.9 Å². The number of nitrogens with zero attached hydrogens (tertiary/aromatic N) is 2. The van der Waals surface area contributed by atoms with Crippen molar-refractivity contribution in [3.63, 3.8) is 0 Å². The SMILES string of the molecule is CCCc1nccn1-c1ccc(C(C)N)cc1F. The number of halogens is 1. The second kappa shape index (κ2) is 5.31. The van der Waals surface area contributed by atoms with E-state index in [2.05, 4.69) is 11.9 Å². The first-order valence-electron chi connectivity index (χ1n) is 6.21. The molecule has 18 heavy (non-hydrogen) atoms. The summed E-state index contributed by atoms with van der Waals surface area (Å²) in [5, 5.41) is 0. The molecule has 1 aromatic carbocycles. The van der Waals surface area contributed by atoms with Crippen molar-refractivity contribution in [2.45, 2.75) is 32.7 Å². The quantitative estimate of drug-likeness (QED) is 0.902. The smallest absolute Gasteiger partial charge is 0.147 e. The van der Waals surface area contributed by atoms with Crippen molar-refractivity contribution in [3.05, 3.63) is 47.8 Å². The predicted molar refractivity (Wildman–Crippen MR) is 70.1 cm³/mol. The Bertz CT molecular complexity index is 532. The van der Waals surface area contributed by atoms with Gasteiger partial charge in [-0.25, -0.2) is 9.37 Å². The van der Waals surface area contributed by atoms with Gasteiger partial charge in [-0.15, -0.1) is 0 Å². The molecular weight excluding hydrogens is 229 g/mol. The van der Waals surface area contributed by atoms with E-state index >= 15 is 0 Å². The first-order valence-corrected chi connectivity index (χ1v) is 6.21. The van der Waals surface area contributed by atoms with Crippen LogP contribution in [0.5, 0.6) is 0 Å². The van der Waals surface area contributed by atoms with Crippen molar-refractivity contribution in [1.82, 2.24) is 9.55 Å². The van der Waals surface area contributed by atoms with E-state index < -0.39 is 0 Å². The number of nitrogens with two attached hydrogens (primary N) is 1. The molecule has 3 nitrogen and oxygen atoms in total. The summed E-state index contributed by atoms with van der Waals surface area (Å²) >= 11 is 0. The van der Waals surface area contributed by atoms with Crippen LogP contribution in [0.3, 0.4) is 0 Å². The van der Waals surface area contributed by atoms with Crippen LogP contribution in [0, 0.1) is 5.82 Å². The van der Waals surface area contributed by atoms with Gasteiger partial charge in [-0.2, -0.15) is 0 Å². The third kappa shape index (κ3) is 2.43. The Hall–Kier alpha value is -1.68. The topological polar surface area (TPSA) is 43.8 Å². The summed E-state index contributed by atoms with van der Waals surface area (Å²) in [7, 11) is 0. The summed E-state index contributed by atoms with van der Waals surface area (Å²) in [6.07, 6.45) is 5.30. The zero-order chi connectivity index (χ0) is 13.1. The summed E-state index contributed by atoms with van der Waals surface area (Å²) in [5.41, 5.74) is 7.07. The number of aromatic nitrogens is 2. The molecule has 1 unspecified atom stereocenters. The van der Waals surface area contributed by atoms with Crippen molar-refractivity contribution in [3.8, 4) is 5.69 Å². The lowest BCUT2D eigenvalue weighted by molar-refractivity contribution is 0.609. The Labute approximate surface area is 106 Å². The van der Waals surface area contributed by atoms with Gasteiger partial charge in [0.15, 0.2) is 0 Å². The molecule has 0 amide bonds. The van der Waals surface area contributed by atoms with Gasteiger partial charge in [-0.05, 0) is 31.0 Å². The summed E-state index contributed by atoms with van der Waals surface area (Å²) in [5.74, 6) is 0.616. The van der Waals surface area contributed by atoms with Crippen LogP contribution in [0.4, 0.5) is 4.39 Å². The highest BCUT2D eigenvalue weighted by molar-refractivity contribution is 5.38.